The molecule has 6 heteroatoms. The van der Waals surface area contributed by atoms with E-state index in [1.807, 2.05) is 49.4 Å². The van der Waals surface area contributed by atoms with Gasteiger partial charge in [0.05, 0.1) is 13.2 Å². The maximum atomic E-state index is 12.5. The van der Waals surface area contributed by atoms with Gasteiger partial charge in [0.25, 0.3) is 5.91 Å². The molecule has 1 aromatic carbocycles. The summed E-state index contributed by atoms with van der Waals surface area (Å²) in [5.41, 5.74) is 0.998. The van der Waals surface area contributed by atoms with E-state index in [0.717, 1.165) is 24.5 Å². The molecule has 2 heterocycles. The van der Waals surface area contributed by atoms with Gasteiger partial charge in [-0.3, -0.25) is 4.79 Å². The molecule has 138 valence electrons. The Morgan fingerprint density at radius 1 is 1.23 bits per heavy atom. The summed E-state index contributed by atoms with van der Waals surface area (Å²) in [4.78, 5) is 19.2. The van der Waals surface area contributed by atoms with Crippen LogP contribution in [0.4, 0.5) is 5.82 Å². The molecule has 1 fully saturated rings. The average Bonchev–Trinajstić information content (AvgIpc) is 2.72. The Morgan fingerprint density at radius 2 is 2.00 bits per heavy atom. The van der Waals surface area contributed by atoms with Crippen LogP contribution < -0.4 is 15.0 Å². The maximum absolute atomic E-state index is 12.5. The molecule has 6 nitrogen and oxygen atoms in total. The minimum atomic E-state index is -0.513. The third kappa shape index (κ3) is 4.73. The Kier molecular flexibility index (Phi) is 6.44. The minimum absolute atomic E-state index is 0.117. The molecular weight excluding hydrogens is 330 g/mol. The SMILES string of the molecule is CCC(Oc1ccccc1)C(=O)NCc1cccnc1N1CCOCC1. The highest BCUT2D eigenvalue weighted by Gasteiger charge is 2.20. The van der Waals surface area contributed by atoms with Crippen molar-refractivity contribution >= 4 is 11.7 Å². The van der Waals surface area contributed by atoms with Gasteiger partial charge in [-0.1, -0.05) is 31.2 Å². The van der Waals surface area contributed by atoms with Crippen LogP contribution in [0.3, 0.4) is 0 Å². The van der Waals surface area contributed by atoms with Crippen LogP contribution >= 0.6 is 0 Å². The van der Waals surface area contributed by atoms with Crippen LogP contribution in [0.2, 0.25) is 0 Å². The van der Waals surface area contributed by atoms with E-state index in [-0.39, 0.29) is 5.91 Å². The summed E-state index contributed by atoms with van der Waals surface area (Å²) in [6, 6.07) is 13.3. The normalized spacial score (nSPS) is 15.3. The lowest BCUT2D eigenvalue weighted by Gasteiger charge is -2.29. The highest BCUT2D eigenvalue weighted by Crippen LogP contribution is 2.18. The fourth-order valence-electron chi connectivity index (χ4n) is 2.91. The van der Waals surface area contributed by atoms with Gasteiger partial charge < -0.3 is 19.7 Å². The maximum Gasteiger partial charge on any atom is 0.261 e. The first-order valence-electron chi connectivity index (χ1n) is 9.04. The summed E-state index contributed by atoms with van der Waals surface area (Å²) >= 11 is 0. The smallest absolute Gasteiger partial charge is 0.261 e. The fraction of sp³-hybridized carbons (Fsp3) is 0.400. The molecule has 1 saturated heterocycles. The minimum Gasteiger partial charge on any atom is -0.481 e. The number of hydrogen-bond donors (Lipinski definition) is 1. The Bertz CT molecular complexity index is 702. The van der Waals surface area contributed by atoms with Crippen LogP contribution in [-0.4, -0.2) is 43.3 Å². The van der Waals surface area contributed by atoms with Crippen molar-refractivity contribution in [1.82, 2.24) is 10.3 Å². The Hall–Kier alpha value is -2.60. The van der Waals surface area contributed by atoms with Gasteiger partial charge in [0, 0.05) is 31.4 Å². The predicted octanol–water partition coefficient (Wildman–Crippen LogP) is 2.39. The standard InChI is InChI=1S/C20H25N3O3/c1-2-18(26-17-8-4-3-5-9-17)20(24)22-15-16-7-6-10-21-19(16)23-11-13-25-14-12-23/h3-10,18H,2,11-15H2,1H3,(H,22,24). The zero-order valence-corrected chi connectivity index (χ0v) is 15.1. The summed E-state index contributed by atoms with van der Waals surface area (Å²) in [5, 5.41) is 2.99. The average molecular weight is 355 g/mol. The van der Waals surface area contributed by atoms with Crippen molar-refractivity contribution in [1.29, 1.82) is 0 Å². The van der Waals surface area contributed by atoms with E-state index < -0.39 is 6.10 Å². The van der Waals surface area contributed by atoms with Crippen LogP contribution in [0.15, 0.2) is 48.7 Å². The summed E-state index contributed by atoms with van der Waals surface area (Å²) in [6.07, 6.45) is 1.87. The van der Waals surface area contributed by atoms with Crippen LogP contribution in [0.1, 0.15) is 18.9 Å². The monoisotopic (exact) mass is 355 g/mol. The number of pyridine rings is 1. The van der Waals surface area contributed by atoms with Crippen molar-refractivity contribution in [3.05, 3.63) is 54.2 Å². The van der Waals surface area contributed by atoms with Gasteiger partial charge in [0.1, 0.15) is 11.6 Å². The first kappa shape index (κ1) is 18.2. The van der Waals surface area contributed by atoms with Gasteiger partial charge in [-0.05, 0) is 24.6 Å². The van der Waals surface area contributed by atoms with E-state index in [9.17, 15) is 4.79 Å². The molecule has 3 rings (SSSR count). The molecule has 1 aliphatic heterocycles. The van der Waals surface area contributed by atoms with Crippen molar-refractivity contribution in [3.63, 3.8) is 0 Å². The van der Waals surface area contributed by atoms with E-state index in [4.69, 9.17) is 9.47 Å². The summed E-state index contributed by atoms with van der Waals surface area (Å²) in [6.45, 7) is 5.39. The number of carbonyl (C=O) groups excluding carboxylic acids is 1. The molecule has 1 aliphatic rings. The first-order valence-corrected chi connectivity index (χ1v) is 9.04. The molecule has 2 aromatic rings. The molecule has 1 atom stereocenters. The number of hydrogen-bond acceptors (Lipinski definition) is 5. The molecule has 1 aromatic heterocycles. The number of rotatable bonds is 7. The third-order valence-electron chi connectivity index (χ3n) is 4.32. The van der Waals surface area contributed by atoms with E-state index >= 15 is 0 Å². The molecule has 0 aliphatic carbocycles. The number of carbonyl (C=O) groups is 1. The van der Waals surface area contributed by atoms with E-state index in [2.05, 4.69) is 15.2 Å². The van der Waals surface area contributed by atoms with Gasteiger partial charge in [-0.15, -0.1) is 0 Å². The highest BCUT2D eigenvalue weighted by atomic mass is 16.5. The number of nitrogens with one attached hydrogen (secondary N) is 1. The molecule has 1 N–H and O–H groups in total. The second kappa shape index (κ2) is 9.20. The molecule has 0 spiro atoms. The van der Waals surface area contributed by atoms with Crippen molar-refractivity contribution in [3.8, 4) is 5.75 Å². The summed E-state index contributed by atoms with van der Waals surface area (Å²) in [7, 11) is 0. The van der Waals surface area contributed by atoms with Crippen LogP contribution in [0, 0.1) is 0 Å². The van der Waals surface area contributed by atoms with Crippen molar-refractivity contribution in [2.45, 2.75) is 26.0 Å². The number of benzene rings is 1. The number of nitrogens with zero attached hydrogens (tertiary/aromatic N) is 2. The van der Waals surface area contributed by atoms with E-state index in [0.29, 0.717) is 31.9 Å². The Balaban J connectivity index is 1.61. The number of amides is 1. The number of morpholine rings is 1. The van der Waals surface area contributed by atoms with Gasteiger partial charge in [0.15, 0.2) is 6.10 Å². The summed E-state index contributed by atoms with van der Waals surface area (Å²) in [5.74, 6) is 1.49. The quantitative estimate of drug-likeness (QED) is 0.826. The van der Waals surface area contributed by atoms with Gasteiger partial charge in [-0.25, -0.2) is 4.98 Å². The van der Waals surface area contributed by atoms with Gasteiger partial charge in [-0.2, -0.15) is 0 Å². The number of anilines is 1. The van der Waals surface area contributed by atoms with Crippen LogP contribution in [-0.2, 0) is 16.1 Å². The number of para-hydroxylation sites is 1. The van der Waals surface area contributed by atoms with Crippen LogP contribution in [0.25, 0.3) is 0 Å². The Labute approximate surface area is 154 Å². The second-order valence-corrected chi connectivity index (χ2v) is 6.13. The molecule has 0 radical (unpaired) electrons. The lowest BCUT2D eigenvalue weighted by atomic mass is 10.2. The highest BCUT2D eigenvalue weighted by molar-refractivity contribution is 5.81. The lowest BCUT2D eigenvalue weighted by Crippen LogP contribution is -2.39. The second-order valence-electron chi connectivity index (χ2n) is 6.13. The zero-order valence-electron chi connectivity index (χ0n) is 15.1. The van der Waals surface area contributed by atoms with E-state index in [1.165, 1.54) is 0 Å². The zero-order chi connectivity index (χ0) is 18.2. The van der Waals surface area contributed by atoms with Crippen LogP contribution in [0.5, 0.6) is 5.75 Å². The molecule has 0 bridgehead atoms. The lowest BCUT2D eigenvalue weighted by molar-refractivity contribution is -0.128. The molecule has 0 saturated carbocycles. The largest absolute Gasteiger partial charge is 0.481 e. The fourth-order valence-corrected chi connectivity index (χ4v) is 2.91. The first-order chi connectivity index (χ1) is 12.8. The summed E-state index contributed by atoms with van der Waals surface area (Å²) < 4.78 is 11.2. The van der Waals surface area contributed by atoms with Crippen molar-refractivity contribution in [2.75, 3.05) is 31.2 Å². The van der Waals surface area contributed by atoms with Gasteiger partial charge in [0.2, 0.25) is 0 Å². The third-order valence-corrected chi connectivity index (χ3v) is 4.32. The van der Waals surface area contributed by atoms with Gasteiger partial charge >= 0.3 is 0 Å². The van der Waals surface area contributed by atoms with E-state index in [1.54, 1.807) is 6.20 Å². The Morgan fingerprint density at radius 3 is 2.73 bits per heavy atom. The predicted molar refractivity (Wildman–Crippen MR) is 100 cm³/mol. The molecule has 1 amide bonds. The van der Waals surface area contributed by atoms with Crippen molar-refractivity contribution < 1.29 is 14.3 Å². The number of ether oxygens (including phenoxy) is 2. The molecule has 1 unspecified atom stereocenters. The molecule has 26 heavy (non-hydrogen) atoms. The topological polar surface area (TPSA) is 63.7 Å². The van der Waals surface area contributed by atoms with Crippen molar-refractivity contribution in [2.24, 2.45) is 0 Å². The molecular formula is C20H25N3O3. The number of aromatic nitrogens is 1.